The van der Waals surface area contributed by atoms with Crippen molar-refractivity contribution >= 4 is 16.9 Å². The van der Waals surface area contributed by atoms with Gasteiger partial charge in [0.2, 0.25) is 6.79 Å². The molecule has 6 nitrogen and oxygen atoms in total. The fourth-order valence-corrected chi connectivity index (χ4v) is 6.05. The third-order valence-corrected chi connectivity index (χ3v) is 8.21. The van der Waals surface area contributed by atoms with Crippen LogP contribution in [0.2, 0.25) is 0 Å². The van der Waals surface area contributed by atoms with Crippen LogP contribution in [0.4, 0.5) is 0 Å². The molecule has 35 heavy (non-hydrogen) atoms. The number of piperidine rings is 1. The van der Waals surface area contributed by atoms with Crippen LogP contribution >= 0.6 is 0 Å². The average Bonchev–Trinajstić information content (AvgIpc) is 3.55. The Bertz CT molecular complexity index is 1170. The van der Waals surface area contributed by atoms with E-state index >= 15 is 0 Å². The van der Waals surface area contributed by atoms with E-state index in [0.717, 1.165) is 24.3 Å². The number of benzene rings is 2. The van der Waals surface area contributed by atoms with Crippen molar-refractivity contribution in [1.29, 1.82) is 0 Å². The van der Waals surface area contributed by atoms with Gasteiger partial charge in [0, 0.05) is 22.6 Å². The minimum atomic E-state index is -0.0139. The van der Waals surface area contributed by atoms with Gasteiger partial charge in [0.1, 0.15) is 5.58 Å². The molecule has 6 rings (SSSR count). The van der Waals surface area contributed by atoms with E-state index in [2.05, 4.69) is 28.4 Å². The molecule has 3 aliphatic rings. The first-order chi connectivity index (χ1) is 17.2. The van der Waals surface area contributed by atoms with E-state index in [1.165, 1.54) is 62.7 Å². The molecule has 0 spiro atoms. The van der Waals surface area contributed by atoms with Crippen LogP contribution in [0, 0.1) is 5.92 Å². The average molecular weight is 475 g/mol. The van der Waals surface area contributed by atoms with Gasteiger partial charge in [0.15, 0.2) is 11.5 Å². The second-order valence-electron chi connectivity index (χ2n) is 10.4. The Kier molecular flexibility index (Phi) is 6.38. The summed E-state index contributed by atoms with van der Waals surface area (Å²) in [6, 6.07) is 14.1. The second kappa shape index (κ2) is 9.94. The van der Waals surface area contributed by atoms with Gasteiger partial charge in [-0.1, -0.05) is 18.2 Å². The van der Waals surface area contributed by atoms with Gasteiger partial charge in [-0.3, -0.25) is 4.79 Å². The molecule has 1 aromatic heterocycles. The Balaban J connectivity index is 0.922. The lowest BCUT2D eigenvalue weighted by atomic mass is 9.83. The zero-order valence-electron chi connectivity index (χ0n) is 20.2. The molecule has 3 heterocycles. The van der Waals surface area contributed by atoms with Gasteiger partial charge in [-0.2, -0.15) is 0 Å². The van der Waals surface area contributed by atoms with E-state index in [4.69, 9.17) is 13.9 Å². The Morgan fingerprint density at radius 1 is 0.943 bits per heavy atom. The lowest BCUT2D eigenvalue weighted by Crippen LogP contribution is -2.38. The summed E-state index contributed by atoms with van der Waals surface area (Å²) >= 11 is 0. The topological polar surface area (TPSA) is 63.9 Å². The van der Waals surface area contributed by atoms with Crippen molar-refractivity contribution < 1.29 is 18.7 Å². The van der Waals surface area contributed by atoms with Crippen molar-refractivity contribution in [3.63, 3.8) is 0 Å². The van der Waals surface area contributed by atoms with Crippen molar-refractivity contribution in [2.75, 3.05) is 26.4 Å². The molecule has 0 radical (unpaired) electrons. The highest BCUT2D eigenvalue weighted by molar-refractivity contribution is 5.95. The summed E-state index contributed by atoms with van der Waals surface area (Å²) in [6.07, 6.45) is 10.2. The first-order valence-electron chi connectivity index (χ1n) is 13.1. The summed E-state index contributed by atoms with van der Waals surface area (Å²) in [6.45, 7) is 3.76. The fourth-order valence-electron chi connectivity index (χ4n) is 6.05. The normalized spacial score (nSPS) is 23.0. The number of hydrogen-bond donors (Lipinski definition) is 1. The highest BCUT2D eigenvalue weighted by atomic mass is 16.7. The van der Waals surface area contributed by atoms with Gasteiger partial charge in [0.25, 0.3) is 5.91 Å². The van der Waals surface area contributed by atoms with E-state index in [1.54, 1.807) is 6.07 Å². The highest BCUT2D eigenvalue weighted by Crippen LogP contribution is 2.35. The van der Waals surface area contributed by atoms with Gasteiger partial charge in [-0.15, -0.1) is 0 Å². The molecule has 0 unspecified atom stereocenters. The number of furan rings is 1. The maximum atomic E-state index is 12.7. The van der Waals surface area contributed by atoms with E-state index < -0.39 is 0 Å². The Hall–Kier alpha value is -2.99. The largest absolute Gasteiger partial charge is 0.464 e. The quantitative estimate of drug-likeness (QED) is 0.495. The smallest absolute Gasteiger partial charge is 0.251 e. The van der Waals surface area contributed by atoms with E-state index in [-0.39, 0.29) is 18.7 Å². The first-order valence-corrected chi connectivity index (χ1v) is 13.1. The van der Waals surface area contributed by atoms with Gasteiger partial charge in [0.05, 0.1) is 6.26 Å². The maximum absolute atomic E-state index is 12.7. The van der Waals surface area contributed by atoms with Crippen molar-refractivity contribution in [3.05, 3.63) is 59.9 Å². The summed E-state index contributed by atoms with van der Waals surface area (Å²) in [5.41, 5.74) is 3.04. The molecule has 1 amide bonds. The molecule has 1 saturated carbocycles. The molecule has 3 aromatic rings. The minimum absolute atomic E-state index is 0.0139. The second-order valence-corrected chi connectivity index (χ2v) is 10.4. The summed E-state index contributed by atoms with van der Waals surface area (Å²) in [7, 11) is 0. The van der Waals surface area contributed by atoms with Crippen molar-refractivity contribution in [2.45, 2.75) is 56.9 Å². The molecule has 1 saturated heterocycles. The Labute approximate surface area is 206 Å². The zero-order valence-corrected chi connectivity index (χ0v) is 20.2. The molecule has 184 valence electrons. The zero-order chi connectivity index (χ0) is 23.6. The predicted molar refractivity (Wildman–Crippen MR) is 135 cm³/mol. The first kappa shape index (κ1) is 22.5. The lowest BCUT2D eigenvalue weighted by Gasteiger charge is -2.34. The predicted octanol–water partition coefficient (Wildman–Crippen LogP) is 5.72. The third kappa shape index (κ3) is 4.90. The number of carbonyl (C=O) groups is 1. The van der Waals surface area contributed by atoms with Crippen LogP contribution in [0.5, 0.6) is 11.5 Å². The Morgan fingerprint density at radius 3 is 2.60 bits per heavy atom. The summed E-state index contributed by atoms with van der Waals surface area (Å²) in [5.74, 6) is 2.73. The van der Waals surface area contributed by atoms with Crippen LogP contribution in [0.1, 0.15) is 66.8 Å². The fraction of sp³-hybridized carbons (Fsp3) is 0.483. The number of fused-ring (bicyclic) bond motifs is 2. The van der Waals surface area contributed by atoms with Crippen molar-refractivity contribution in [2.24, 2.45) is 5.92 Å². The van der Waals surface area contributed by atoms with E-state index in [1.807, 2.05) is 24.5 Å². The maximum Gasteiger partial charge on any atom is 0.251 e. The molecule has 0 bridgehead atoms. The summed E-state index contributed by atoms with van der Waals surface area (Å²) < 4.78 is 16.5. The molecule has 2 aliphatic heterocycles. The standard InChI is InChI=1S/C29H34N2O4/c32-29(22-7-10-27-28(17-22)35-19-34-27)30-23-8-5-20(6-9-23)11-14-31-15-12-21(13-16-31)25-18-33-26-4-2-1-3-24(25)26/h1-4,7,10,17-18,20-21,23H,5-6,8-9,11-16,19H2,(H,30,32). The van der Waals surface area contributed by atoms with Gasteiger partial charge in [-0.25, -0.2) is 0 Å². The van der Waals surface area contributed by atoms with Crippen LogP contribution in [-0.4, -0.2) is 43.3 Å². The number of ether oxygens (including phenoxy) is 2. The van der Waals surface area contributed by atoms with E-state index in [9.17, 15) is 4.79 Å². The SMILES string of the molecule is O=C(NC1CCC(CCN2CCC(c3coc4ccccc34)CC2)CC1)c1ccc2c(c1)OCO2. The monoisotopic (exact) mass is 474 g/mol. The number of likely N-dealkylation sites (tertiary alicyclic amines) is 1. The molecule has 1 N–H and O–H groups in total. The van der Waals surface area contributed by atoms with Crippen LogP contribution < -0.4 is 14.8 Å². The number of carbonyl (C=O) groups excluding carboxylic acids is 1. The van der Waals surface area contributed by atoms with Crippen molar-refractivity contribution in [3.8, 4) is 11.5 Å². The van der Waals surface area contributed by atoms with Crippen molar-refractivity contribution in [1.82, 2.24) is 10.2 Å². The molecule has 0 atom stereocenters. The third-order valence-electron chi connectivity index (χ3n) is 8.21. The van der Waals surface area contributed by atoms with Crippen LogP contribution in [-0.2, 0) is 0 Å². The highest BCUT2D eigenvalue weighted by Gasteiger charge is 2.26. The van der Waals surface area contributed by atoms with Crippen LogP contribution in [0.3, 0.4) is 0 Å². The lowest BCUT2D eigenvalue weighted by molar-refractivity contribution is 0.0918. The number of rotatable bonds is 6. The van der Waals surface area contributed by atoms with Crippen LogP contribution in [0.15, 0.2) is 53.1 Å². The molecular formula is C29H34N2O4. The summed E-state index contributed by atoms with van der Waals surface area (Å²) in [5, 5.41) is 4.52. The van der Waals surface area contributed by atoms with Gasteiger partial charge >= 0.3 is 0 Å². The molecule has 6 heteroatoms. The van der Waals surface area contributed by atoms with Gasteiger partial charge < -0.3 is 24.1 Å². The molecule has 1 aliphatic carbocycles. The number of nitrogens with zero attached hydrogens (tertiary/aromatic N) is 1. The van der Waals surface area contributed by atoms with Gasteiger partial charge in [-0.05, 0) is 101 Å². The molecular weight excluding hydrogens is 440 g/mol. The number of amides is 1. The molecule has 2 aromatic carbocycles. The number of nitrogens with one attached hydrogen (secondary N) is 1. The summed E-state index contributed by atoms with van der Waals surface area (Å²) in [4.78, 5) is 15.3. The van der Waals surface area contributed by atoms with E-state index in [0.29, 0.717) is 23.0 Å². The minimum Gasteiger partial charge on any atom is -0.464 e. The Morgan fingerprint density at radius 2 is 1.74 bits per heavy atom. The van der Waals surface area contributed by atoms with Crippen LogP contribution in [0.25, 0.3) is 11.0 Å². The number of hydrogen-bond acceptors (Lipinski definition) is 5. The number of para-hydroxylation sites is 1. The molecule has 2 fully saturated rings.